The second-order valence-corrected chi connectivity index (χ2v) is 9.01. The molecular formula is C21H31N9. The van der Waals surface area contributed by atoms with Gasteiger partial charge in [-0.3, -0.25) is 19.6 Å². The van der Waals surface area contributed by atoms with E-state index in [2.05, 4.69) is 35.2 Å². The Bertz CT molecular complexity index is 817. The van der Waals surface area contributed by atoms with E-state index in [0.717, 1.165) is 43.3 Å². The third-order valence-corrected chi connectivity index (χ3v) is 7.24. The first-order valence-corrected chi connectivity index (χ1v) is 11.4. The number of pyridine rings is 1. The molecule has 0 aromatic carbocycles. The first-order valence-electron chi connectivity index (χ1n) is 11.4. The maximum Gasteiger partial charge on any atom is 0.180 e. The van der Waals surface area contributed by atoms with Gasteiger partial charge in [-0.1, -0.05) is 0 Å². The predicted molar refractivity (Wildman–Crippen MR) is 118 cm³/mol. The summed E-state index contributed by atoms with van der Waals surface area (Å²) in [4.78, 5) is 24.5. The lowest BCUT2D eigenvalue weighted by atomic mass is 10.1. The van der Waals surface area contributed by atoms with E-state index in [4.69, 9.17) is 9.97 Å². The van der Waals surface area contributed by atoms with Crippen LogP contribution in [-0.2, 0) is 0 Å². The highest BCUT2D eigenvalue weighted by atomic mass is 15.4. The van der Waals surface area contributed by atoms with Gasteiger partial charge in [0.25, 0.3) is 0 Å². The molecule has 0 aliphatic carbocycles. The molecule has 0 spiro atoms. The van der Waals surface area contributed by atoms with Crippen LogP contribution in [0.4, 0.5) is 11.6 Å². The van der Waals surface area contributed by atoms with Crippen molar-refractivity contribution >= 4 is 22.8 Å². The lowest BCUT2D eigenvalue weighted by Gasteiger charge is -2.47. The number of hydrogen-bond acceptors (Lipinski definition) is 9. The van der Waals surface area contributed by atoms with Crippen LogP contribution in [0, 0.1) is 0 Å². The molecule has 6 saturated heterocycles. The molecule has 6 fully saturated rings. The summed E-state index contributed by atoms with van der Waals surface area (Å²) in [5.41, 5.74) is 1.54. The lowest BCUT2D eigenvalue weighted by Crippen LogP contribution is -2.62. The predicted octanol–water partition coefficient (Wildman–Crippen LogP) is -0.152. The van der Waals surface area contributed by atoms with Gasteiger partial charge < -0.3 is 10.6 Å². The van der Waals surface area contributed by atoms with Gasteiger partial charge in [0.05, 0.1) is 0 Å². The van der Waals surface area contributed by atoms with Crippen LogP contribution in [0.2, 0.25) is 0 Å². The van der Waals surface area contributed by atoms with E-state index in [1.165, 1.54) is 52.4 Å². The molecule has 0 saturated carbocycles. The Balaban J connectivity index is 1.19. The van der Waals surface area contributed by atoms with Crippen molar-refractivity contribution in [3.05, 3.63) is 18.3 Å². The molecule has 160 valence electrons. The first-order chi connectivity index (χ1) is 14.8. The van der Waals surface area contributed by atoms with Crippen LogP contribution in [0.5, 0.6) is 0 Å². The molecule has 0 radical (unpaired) electrons. The molecule has 8 rings (SSSR count). The van der Waals surface area contributed by atoms with Crippen molar-refractivity contribution in [3.8, 4) is 0 Å². The molecule has 8 heterocycles. The number of piperazine rings is 6. The Hall–Kier alpha value is -2.07. The van der Waals surface area contributed by atoms with Gasteiger partial charge in [-0.25, -0.2) is 15.0 Å². The van der Waals surface area contributed by atoms with E-state index in [1.54, 1.807) is 6.20 Å². The van der Waals surface area contributed by atoms with Gasteiger partial charge in [0, 0.05) is 96.8 Å². The molecule has 6 aliphatic heterocycles. The molecule has 9 nitrogen and oxygen atoms in total. The number of anilines is 2. The minimum Gasteiger partial charge on any atom is -0.365 e. The van der Waals surface area contributed by atoms with E-state index in [9.17, 15) is 0 Å². The normalized spacial score (nSPS) is 34.9. The maximum atomic E-state index is 4.88. The first kappa shape index (κ1) is 18.7. The zero-order valence-corrected chi connectivity index (χ0v) is 17.5. The van der Waals surface area contributed by atoms with E-state index in [0.29, 0.717) is 17.7 Å². The van der Waals surface area contributed by atoms with Crippen molar-refractivity contribution in [1.29, 1.82) is 0 Å². The second kappa shape index (κ2) is 7.88. The van der Waals surface area contributed by atoms with Crippen molar-refractivity contribution in [2.75, 3.05) is 89.2 Å². The standard InChI is InChI=1S/C21H31N9/c1-2-18-19(22-3-1)26-21(24-13-17-15-28-6-10-30(17)11-7-28)20(25-18)23-12-16-14-27-4-8-29(16)9-5-27/h1-3,16-17H,4-15H2,(H,23,25)(H,22,24,26). The molecule has 6 aliphatic rings. The van der Waals surface area contributed by atoms with Gasteiger partial charge in [-0.05, 0) is 12.1 Å². The quantitative estimate of drug-likeness (QED) is 0.677. The highest BCUT2D eigenvalue weighted by Gasteiger charge is 2.33. The third-order valence-electron chi connectivity index (χ3n) is 7.24. The summed E-state index contributed by atoms with van der Waals surface area (Å²) >= 11 is 0. The van der Waals surface area contributed by atoms with Crippen LogP contribution in [0.3, 0.4) is 0 Å². The summed E-state index contributed by atoms with van der Waals surface area (Å²) in [5, 5.41) is 7.24. The molecule has 2 atom stereocenters. The summed E-state index contributed by atoms with van der Waals surface area (Å²) in [7, 11) is 0. The van der Waals surface area contributed by atoms with Crippen LogP contribution in [0.25, 0.3) is 11.2 Å². The fraction of sp³-hybridized carbons (Fsp3) is 0.667. The van der Waals surface area contributed by atoms with Crippen LogP contribution < -0.4 is 10.6 Å². The second-order valence-electron chi connectivity index (χ2n) is 9.01. The van der Waals surface area contributed by atoms with Gasteiger partial charge in [-0.2, -0.15) is 0 Å². The summed E-state index contributed by atoms with van der Waals surface area (Å²) < 4.78 is 0. The summed E-state index contributed by atoms with van der Waals surface area (Å²) in [6, 6.07) is 4.99. The van der Waals surface area contributed by atoms with Gasteiger partial charge in [0.15, 0.2) is 17.3 Å². The minimum absolute atomic E-state index is 0.537. The molecule has 2 aromatic rings. The molecular weight excluding hydrogens is 378 g/mol. The molecule has 4 bridgehead atoms. The van der Waals surface area contributed by atoms with Crippen molar-refractivity contribution < 1.29 is 0 Å². The average Bonchev–Trinajstić information content (AvgIpc) is 2.82. The Morgan fingerprint density at radius 1 is 0.767 bits per heavy atom. The van der Waals surface area contributed by atoms with Crippen LogP contribution in [0.15, 0.2) is 18.3 Å². The Morgan fingerprint density at radius 2 is 1.33 bits per heavy atom. The smallest absolute Gasteiger partial charge is 0.180 e. The van der Waals surface area contributed by atoms with E-state index < -0.39 is 0 Å². The zero-order valence-electron chi connectivity index (χ0n) is 17.5. The molecule has 2 aromatic heterocycles. The number of fused-ring (bicyclic) bond motifs is 7. The Morgan fingerprint density at radius 3 is 1.87 bits per heavy atom. The zero-order chi connectivity index (χ0) is 19.9. The summed E-state index contributed by atoms with van der Waals surface area (Å²) in [6.45, 7) is 13.6. The topological polar surface area (TPSA) is 75.7 Å². The highest BCUT2D eigenvalue weighted by molar-refractivity contribution is 5.76. The van der Waals surface area contributed by atoms with Gasteiger partial charge in [0.2, 0.25) is 0 Å². The van der Waals surface area contributed by atoms with Crippen LogP contribution in [-0.4, -0.2) is 125 Å². The monoisotopic (exact) mass is 409 g/mol. The van der Waals surface area contributed by atoms with Gasteiger partial charge >= 0.3 is 0 Å². The summed E-state index contributed by atoms with van der Waals surface area (Å²) in [6.07, 6.45) is 1.79. The molecule has 2 unspecified atom stereocenters. The van der Waals surface area contributed by atoms with Crippen LogP contribution >= 0.6 is 0 Å². The van der Waals surface area contributed by atoms with Crippen molar-refractivity contribution in [3.63, 3.8) is 0 Å². The van der Waals surface area contributed by atoms with E-state index in [1.807, 2.05) is 12.1 Å². The van der Waals surface area contributed by atoms with Crippen molar-refractivity contribution in [2.45, 2.75) is 12.1 Å². The molecule has 9 heteroatoms. The van der Waals surface area contributed by atoms with Gasteiger partial charge in [0.1, 0.15) is 5.52 Å². The third kappa shape index (κ3) is 3.60. The number of nitrogens with zero attached hydrogens (tertiary/aromatic N) is 7. The van der Waals surface area contributed by atoms with E-state index >= 15 is 0 Å². The number of hydrogen-bond donors (Lipinski definition) is 2. The fourth-order valence-electron chi connectivity index (χ4n) is 5.41. The maximum absolute atomic E-state index is 4.88. The highest BCUT2D eigenvalue weighted by Crippen LogP contribution is 2.23. The molecule has 2 N–H and O–H groups in total. The SMILES string of the molecule is c1cnc2nc(NCC3CN4CCN3CC4)c(NCC3CN4CCN3CC4)nc2c1. The average molecular weight is 410 g/mol. The Kier molecular flexibility index (Phi) is 4.91. The largest absolute Gasteiger partial charge is 0.365 e. The van der Waals surface area contributed by atoms with Crippen molar-refractivity contribution in [1.82, 2.24) is 34.6 Å². The fourth-order valence-corrected chi connectivity index (χ4v) is 5.41. The van der Waals surface area contributed by atoms with Gasteiger partial charge in [-0.15, -0.1) is 0 Å². The number of aromatic nitrogens is 3. The Labute approximate surface area is 177 Å². The van der Waals surface area contributed by atoms with E-state index in [-0.39, 0.29) is 0 Å². The number of nitrogens with one attached hydrogen (secondary N) is 2. The molecule has 0 amide bonds. The number of rotatable bonds is 6. The van der Waals surface area contributed by atoms with Crippen LogP contribution in [0.1, 0.15) is 0 Å². The summed E-state index contributed by atoms with van der Waals surface area (Å²) in [5.74, 6) is 1.68. The van der Waals surface area contributed by atoms with Crippen molar-refractivity contribution in [2.24, 2.45) is 0 Å². The lowest BCUT2D eigenvalue weighted by molar-refractivity contribution is 0.0187. The minimum atomic E-state index is 0.537. The molecule has 30 heavy (non-hydrogen) atoms.